The lowest BCUT2D eigenvalue weighted by Crippen LogP contribution is -2.59. The Morgan fingerprint density at radius 3 is 2.81 bits per heavy atom. The first-order chi connectivity index (χ1) is 17.5. The highest BCUT2D eigenvalue weighted by Crippen LogP contribution is 2.34. The highest BCUT2D eigenvalue weighted by molar-refractivity contribution is 5.74. The Morgan fingerprint density at radius 2 is 2.00 bits per heavy atom. The van der Waals surface area contributed by atoms with E-state index in [1.165, 1.54) is 16.7 Å². The minimum Gasteiger partial charge on any atom is -0.368 e. The van der Waals surface area contributed by atoms with Crippen molar-refractivity contribution in [2.75, 3.05) is 45.0 Å². The van der Waals surface area contributed by atoms with Crippen LogP contribution in [0.5, 0.6) is 0 Å². The maximum atomic E-state index is 13.3. The van der Waals surface area contributed by atoms with Crippen LogP contribution in [-0.2, 0) is 25.8 Å². The summed E-state index contributed by atoms with van der Waals surface area (Å²) in [6, 6.07) is 9.43. The number of anilines is 1. The Hall–Kier alpha value is -2.71. The maximum Gasteiger partial charge on any atom is 0.317 e. The van der Waals surface area contributed by atoms with E-state index in [9.17, 15) is 4.79 Å². The van der Waals surface area contributed by atoms with Crippen molar-refractivity contribution in [1.82, 2.24) is 30.0 Å². The van der Waals surface area contributed by atoms with Crippen LogP contribution in [0, 0.1) is 5.92 Å². The molecule has 1 fully saturated rings. The summed E-state index contributed by atoms with van der Waals surface area (Å²) in [5, 5.41) is 3.40. The summed E-state index contributed by atoms with van der Waals surface area (Å²) in [5.74, 6) is 0.829. The van der Waals surface area contributed by atoms with Crippen LogP contribution in [0.4, 0.5) is 10.7 Å². The SMILES string of the molecule is CCCN1C[C@@H](NC(=O)N(CC)CCN2CCc3ccccc3C2)C[C@@H]2Cc3nc(N)ncc3C[C@H]21. The summed E-state index contributed by atoms with van der Waals surface area (Å²) in [4.78, 5) is 29.1. The number of hydrogen-bond acceptors (Lipinski definition) is 6. The second kappa shape index (κ2) is 11.1. The van der Waals surface area contributed by atoms with Crippen LogP contribution in [0.15, 0.2) is 30.5 Å². The number of nitrogens with two attached hydrogens (primary N) is 1. The fourth-order valence-corrected chi connectivity index (χ4v) is 6.43. The van der Waals surface area contributed by atoms with Gasteiger partial charge >= 0.3 is 6.03 Å². The van der Waals surface area contributed by atoms with Crippen LogP contribution in [0.1, 0.15) is 49.1 Å². The molecule has 3 N–H and O–H groups in total. The van der Waals surface area contributed by atoms with E-state index in [-0.39, 0.29) is 12.1 Å². The van der Waals surface area contributed by atoms with E-state index in [2.05, 4.69) is 63.2 Å². The molecule has 5 rings (SSSR count). The number of urea groups is 1. The molecule has 0 radical (unpaired) electrons. The molecule has 3 heterocycles. The van der Waals surface area contributed by atoms with E-state index in [1.807, 2.05) is 11.1 Å². The van der Waals surface area contributed by atoms with Gasteiger partial charge in [0.1, 0.15) is 0 Å². The zero-order valence-electron chi connectivity index (χ0n) is 21.8. The number of fused-ring (bicyclic) bond motifs is 3. The number of piperidine rings is 1. The lowest BCUT2D eigenvalue weighted by Gasteiger charge is -2.47. The van der Waals surface area contributed by atoms with Gasteiger partial charge in [0.25, 0.3) is 0 Å². The van der Waals surface area contributed by atoms with Gasteiger partial charge in [0, 0.05) is 63.2 Å². The first kappa shape index (κ1) is 25.0. The molecule has 1 aromatic heterocycles. The van der Waals surface area contributed by atoms with Crippen molar-refractivity contribution in [2.45, 2.75) is 64.6 Å². The smallest absolute Gasteiger partial charge is 0.317 e. The second-order valence-electron chi connectivity index (χ2n) is 10.7. The molecule has 0 unspecified atom stereocenters. The van der Waals surface area contributed by atoms with Gasteiger partial charge in [-0.3, -0.25) is 9.80 Å². The van der Waals surface area contributed by atoms with Gasteiger partial charge < -0.3 is 16.0 Å². The van der Waals surface area contributed by atoms with Crippen molar-refractivity contribution in [1.29, 1.82) is 0 Å². The number of hydrogen-bond donors (Lipinski definition) is 2. The lowest BCUT2D eigenvalue weighted by molar-refractivity contribution is 0.0623. The predicted octanol–water partition coefficient (Wildman–Crippen LogP) is 2.72. The van der Waals surface area contributed by atoms with Crippen LogP contribution >= 0.6 is 0 Å². The molecule has 0 bridgehead atoms. The molecule has 36 heavy (non-hydrogen) atoms. The number of carbonyl (C=O) groups is 1. The molecular weight excluding hydrogens is 450 g/mol. The summed E-state index contributed by atoms with van der Waals surface area (Å²) in [6.07, 6.45) is 6.97. The van der Waals surface area contributed by atoms with E-state index >= 15 is 0 Å². The molecule has 8 nitrogen and oxygen atoms in total. The van der Waals surface area contributed by atoms with Gasteiger partial charge in [-0.15, -0.1) is 0 Å². The molecule has 2 aromatic rings. The molecular formula is C28H41N7O. The third-order valence-electron chi connectivity index (χ3n) is 8.32. The Labute approximate surface area is 215 Å². The number of rotatable bonds is 7. The molecule has 2 aliphatic heterocycles. The number of nitrogens with one attached hydrogen (secondary N) is 1. The number of likely N-dealkylation sites (tertiary alicyclic amines) is 1. The molecule has 1 saturated heterocycles. The van der Waals surface area contributed by atoms with Gasteiger partial charge in [-0.2, -0.15) is 0 Å². The van der Waals surface area contributed by atoms with Gasteiger partial charge in [-0.05, 0) is 68.2 Å². The average molecular weight is 492 g/mol. The standard InChI is InChI=1S/C28H41N7O/c1-3-10-35-19-24(14-22-15-25-23(16-26(22)35)17-30-27(29)32-25)31-28(36)34(4-2)13-12-33-11-9-20-7-5-6-8-21(20)18-33/h5-8,17,22,24,26H,3-4,9-16,18-19H2,1-2H3,(H,31,36)(H2,29,30,32)/t22-,24+,26-/m1/s1. The summed E-state index contributed by atoms with van der Waals surface area (Å²) in [6.45, 7) is 10.7. The van der Waals surface area contributed by atoms with Crippen molar-refractivity contribution in [2.24, 2.45) is 5.92 Å². The highest BCUT2D eigenvalue weighted by Gasteiger charge is 2.40. The molecule has 194 valence electrons. The number of nitrogen functional groups attached to an aromatic ring is 1. The largest absolute Gasteiger partial charge is 0.368 e. The summed E-state index contributed by atoms with van der Waals surface area (Å²) < 4.78 is 0. The minimum absolute atomic E-state index is 0.0672. The monoisotopic (exact) mass is 491 g/mol. The van der Waals surface area contributed by atoms with E-state index in [0.717, 1.165) is 83.6 Å². The topological polar surface area (TPSA) is 90.6 Å². The molecule has 1 aromatic carbocycles. The van der Waals surface area contributed by atoms with Crippen molar-refractivity contribution >= 4 is 12.0 Å². The lowest BCUT2D eigenvalue weighted by atomic mass is 9.76. The third kappa shape index (κ3) is 5.49. The Bertz CT molecular complexity index is 1060. The first-order valence-electron chi connectivity index (χ1n) is 13.7. The van der Waals surface area contributed by atoms with Gasteiger partial charge in [0.15, 0.2) is 0 Å². The highest BCUT2D eigenvalue weighted by atomic mass is 16.2. The summed E-state index contributed by atoms with van der Waals surface area (Å²) >= 11 is 0. The zero-order valence-corrected chi connectivity index (χ0v) is 21.8. The molecule has 3 aliphatic rings. The number of likely N-dealkylation sites (N-methyl/N-ethyl adjacent to an activating group) is 1. The molecule has 8 heteroatoms. The predicted molar refractivity (Wildman–Crippen MR) is 143 cm³/mol. The number of aromatic nitrogens is 2. The van der Waals surface area contributed by atoms with Crippen molar-refractivity contribution in [3.63, 3.8) is 0 Å². The average Bonchev–Trinajstić information content (AvgIpc) is 2.88. The van der Waals surface area contributed by atoms with Gasteiger partial charge in [0.2, 0.25) is 5.95 Å². The number of nitrogens with zero attached hydrogens (tertiary/aromatic N) is 5. The van der Waals surface area contributed by atoms with Crippen LogP contribution in [-0.4, -0.2) is 82.1 Å². The number of amides is 2. The maximum absolute atomic E-state index is 13.3. The Kier molecular flexibility index (Phi) is 7.72. The van der Waals surface area contributed by atoms with E-state index in [0.29, 0.717) is 17.9 Å². The Morgan fingerprint density at radius 1 is 1.17 bits per heavy atom. The third-order valence-corrected chi connectivity index (χ3v) is 8.32. The van der Waals surface area contributed by atoms with Crippen LogP contribution in [0.2, 0.25) is 0 Å². The fourth-order valence-electron chi connectivity index (χ4n) is 6.43. The van der Waals surface area contributed by atoms with Crippen LogP contribution in [0.25, 0.3) is 0 Å². The van der Waals surface area contributed by atoms with E-state index < -0.39 is 0 Å². The van der Waals surface area contributed by atoms with Crippen molar-refractivity contribution in [3.05, 3.63) is 52.8 Å². The van der Waals surface area contributed by atoms with Gasteiger partial charge in [-0.25, -0.2) is 14.8 Å². The molecule has 0 spiro atoms. The van der Waals surface area contributed by atoms with Crippen LogP contribution < -0.4 is 11.1 Å². The normalized spacial score (nSPS) is 23.9. The Balaban J connectivity index is 1.18. The molecule has 0 saturated carbocycles. The van der Waals surface area contributed by atoms with Crippen molar-refractivity contribution in [3.8, 4) is 0 Å². The summed E-state index contributed by atoms with van der Waals surface area (Å²) in [5.41, 5.74) is 11.1. The number of benzene rings is 1. The second-order valence-corrected chi connectivity index (χ2v) is 10.7. The van der Waals surface area contributed by atoms with E-state index in [4.69, 9.17) is 5.73 Å². The summed E-state index contributed by atoms with van der Waals surface area (Å²) in [7, 11) is 0. The molecule has 3 atom stereocenters. The van der Waals surface area contributed by atoms with Gasteiger partial charge in [0.05, 0.1) is 0 Å². The van der Waals surface area contributed by atoms with Gasteiger partial charge in [-0.1, -0.05) is 31.2 Å². The quantitative estimate of drug-likeness (QED) is 0.619. The molecule has 2 amide bonds. The fraction of sp³-hybridized carbons (Fsp3) is 0.607. The first-order valence-corrected chi connectivity index (χ1v) is 13.7. The van der Waals surface area contributed by atoms with E-state index in [1.54, 1.807) is 0 Å². The number of carbonyl (C=O) groups excluding carboxylic acids is 1. The zero-order chi connectivity index (χ0) is 25.1. The molecule has 1 aliphatic carbocycles. The van der Waals surface area contributed by atoms with Crippen LogP contribution in [0.3, 0.4) is 0 Å². The minimum atomic E-state index is 0.0672. The van der Waals surface area contributed by atoms with Crippen molar-refractivity contribution < 1.29 is 4.79 Å².